The van der Waals surface area contributed by atoms with Gasteiger partial charge in [0.25, 0.3) is 0 Å². The van der Waals surface area contributed by atoms with E-state index in [0.717, 1.165) is 11.1 Å². The molecule has 0 fully saturated rings. The molecule has 3 aliphatic rings. The van der Waals surface area contributed by atoms with Crippen LogP contribution < -0.4 is 0 Å². The van der Waals surface area contributed by atoms with Gasteiger partial charge in [-0.1, -0.05) is 36.4 Å². The molecule has 3 aliphatic carbocycles. The minimum absolute atomic E-state index is 0.452. The third kappa shape index (κ3) is 1.30. The zero-order valence-electron chi connectivity index (χ0n) is 11.1. The van der Waals surface area contributed by atoms with Gasteiger partial charge in [0.05, 0.1) is 24.3 Å². The van der Waals surface area contributed by atoms with Crippen LogP contribution in [0.1, 0.15) is 17.0 Å². The number of benzene rings is 1. The first-order valence-electron chi connectivity index (χ1n) is 6.60. The normalized spacial score (nSPS) is 26.3. The second-order valence-electron chi connectivity index (χ2n) is 5.44. The van der Waals surface area contributed by atoms with Crippen LogP contribution in [-0.4, -0.2) is 0 Å². The van der Waals surface area contributed by atoms with E-state index in [0.29, 0.717) is 6.42 Å². The number of fused-ring (bicyclic) bond motifs is 1. The molecule has 98 valence electrons. The first-order valence-corrected chi connectivity index (χ1v) is 6.60. The van der Waals surface area contributed by atoms with Gasteiger partial charge >= 0.3 is 0 Å². The fraction of sp³-hybridized carbons (Fsp3) is 0.294. The highest BCUT2D eigenvalue weighted by Crippen LogP contribution is 2.59. The van der Waals surface area contributed by atoms with Crippen LogP contribution in [0.2, 0.25) is 0 Å². The van der Waals surface area contributed by atoms with Crippen molar-refractivity contribution in [2.24, 2.45) is 16.7 Å². The molecule has 0 amide bonds. The molecule has 0 radical (unpaired) electrons. The topological polar surface area (TPSA) is 95.2 Å². The fourth-order valence-corrected chi connectivity index (χ4v) is 3.60. The van der Waals surface area contributed by atoms with E-state index in [2.05, 4.69) is 0 Å². The van der Waals surface area contributed by atoms with Gasteiger partial charge in [-0.3, -0.25) is 0 Å². The van der Waals surface area contributed by atoms with Crippen LogP contribution in [0.3, 0.4) is 0 Å². The average molecular weight is 270 g/mol. The van der Waals surface area contributed by atoms with Gasteiger partial charge in [-0.15, -0.1) is 0 Å². The molecular formula is C17H10N4. The zero-order chi connectivity index (χ0) is 15.1. The molecule has 0 saturated heterocycles. The van der Waals surface area contributed by atoms with Crippen molar-refractivity contribution in [3.05, 3.63) is 47.5 Å². The quantitative estimate of drug-likeness (QED) is 0.677. The Morgan fingerprint density at radius 2 is 1.48 bits per heavy atom. The molecule has 4 heteroatoms. The van der Waals surface area contributed by atoms with Crippen molar-refractivity contribution in [3.63, 3.8) is 0 Å². The standard InChI is InChI=1S/C17H10N4/c18-8-16(9-19)13-5-6-15(17(16,10-20)11-21)14-4-2-1-3-12(14)7-13/h1-6,13,15H,7H2. The molecule has 2 bridgehead atoms. The smallest absolute Gasteiger partial charge is 0.186 e. The van der Waals surface area contributed by atoms with Gasteiger partial charge < -0.3 is 0 Å². The molecule has 0 spiro atoms. The van der Waals surface area contributed by atoms with E-state index in [-0.39, 0.29) is 0 Å². The molecule has 0 N–H and O–H groups in total. The molecule has 2 unspecified atom stereocenters. The lowest BCUT2D eigenvalue weighted by Crippen LogP contribution is -2.48. The Kier molecular flexibility index (Phi) is 2.59. The summed E-state index contributed by atoms with van der Waals surface area (Å²) in [6, 6.07) is 15.6. The Labute approximate surface area is 122 Å². The summed E-state index contributed by atoms with van der Waals surface area (Å²) in [5.41, 5.74) is -1.45. The largest absolute Gasteiger partial charge is 0.196 e. The monoisotopic (exact) mass is 270 g/mol. The highest BCUT2D eigenvalue weighted by atomic mass is 14.6. The van der Waals surface area contributed by atoms with Gasteiger partial charge in [-0.05, 0) is 17.5 Å². The highest BCUT2D eigenvalue weighted by Gasteiger charge is 2.65. The van der Waals surface area contributed by atoms with Crippen LogP contribution in [0.15, 0.2) is 36.4 Å². The second-order valence-corrected chi connectivity index (χ2v) is 5.44. The van der Waals surface area contributed by atoms with Crippen LogP contribution in [0, 0.1) is 62.1 Å². The third-order valence-electron chi connectivity index (χ3n) is 4.72. The van der Waals surface area contributed by atoms with Gasteiger partial charge in [0.15, 0.2) is 10.8 Å². The summed E-state index contributed by atoms with van der Waals surface area (Å²) in [5, 5.41) is 38.7. The minimum atomic E-state index is -1.68. The number of hydrogen-bond donors (Lipinski definition) is 0. The van der Waals surface area contributed by atoms with E-state index < -0.39 is 22.7 Å². The molecule has 21 heavy (non-hydrogen) atoms. The predicted molar refractivity (Wildman–Crippen MR) is 72.8 cm³/mol. The van der Waals surface area contributed by atoms with Gasteiger partial charge in [-0.2, -0.15) is 21.0 Å². The SMILES string of the molecule is N#CC1(C#N)C2C=CC(c3ccccc3C2)C1(C#N)C#N. The summed E-state index contributed by atoms with van der Waals surface area (Å²) in [6.45, 7) is 0. The molecule has 1 aromatic rings. The summed E-state index contributed by atoms with van der Waals surface area (Å²) in [6.07, 6.45) is 4.13. The van der Waals surface area contributed by atoms with Crippen molar-refractivity contribution in [2.45, 2.75) is 12.3 Å². The van der Waals surface area contributed by atoms with Crippen molar-refractivity contribution in [1.82, 2.24) is 0 Å². The van der Waals surface area contributed by atoms with E-state index in [1.807, 2.05) is 60.7 Å². The molecule has 4 nitrogen and oxygen atoms in total. The Morgan fingerprint density at radius 3 is 2.10 bits per heavy atom. The predicted octanol–water partition coefficient (Wildman–Crippen LogP) is 2.58. The summed E-state index contributed by atoms with van der Waals surface area (Å²) >= 11 is 0. The van der Waals surface area contributed by atoms with Crippen LogP contribution in [0.5, 0.6) is 0 Å². The van der Waals surface area contributed by atoms with E-state index in [9.17, 15) is 21.0 Å². The average Bonchev–Trinajstić information content (AvgIpc) is 2.79. The van der Waals surface area contributed by atoms with Crippen LogP contribution in [0.25, 0.3) is 0 Å². The zero-order valence-corrected chi connectivity index (χ0v) is 11.1. The number of nitrogens with zero attached hydrogens (tertiary/aromatic N) is 4. The molecule has 0 aromatic heterocycles. The van der Waals surface area contributed by atoms with Crippen LogP contribution in [-0.2, 0) is 6.42 Å². The maximum atomic E-state index is 9.70. The van der Waals surface area contributed by atoms with Gasteiger partial charge in [-0.25, -0.2) is 0 Å². The van der Waals surface area contributed by atoms with E-state index in [4.69, 9.17) is 0 Å². The third-order valence-corrected chi connectivity index (χ3v) is 4.72. The maximum absolute atomic E-state index is 9.70. The Balaban J connectivity index is 2.42. The summed E-state index contributed by atoms with van der Waals surface area (Å²) in [5.74, 6) is -1.01. The Morgan fingerprint density at radius 1 is 0.857 bits per heavy atom. The number of hydrogen-bond acceptors (Lipinski definition) is 4. The van der Waals surface area contributed by atoms with E-state index in [1.165, 1.54) is 0 Å². The number of nitriles is 4. The molecule has 2 atom stereocenters. The Hall–Kier alpha value is -3.08. The van der Waals surface area contributed by atoms with Crippen LogP contribution in [0.4, 0.5) is 0 Å². The summed E-state index contributed by atoms with van der Waals surface area (Å²) < 4.78 is 0. The maximum Gasteiger partial charge on any atom is 0.186 e. The minimum Gasteiger partial charge on any atom is -0.196 e. The van der Waals surface area contributed by atoms with Crippen molar-refractivity contribution in [2.75, 3.05) is 0 Å². The van der Waals surface area contributed by atoms with E-state index in [1.54, 1.807) is 0 Å². The molecule has 1 aromatic carbocycles. The van der Waals surface area contributed by atoms with Gasteiger partial charge in [0.2, 0.25) is 0 Å². The fourth-order valence-electron chi connectivity index (χ4n) is 3.60. The van der Waals surface area contributed by atoms with Crippen molar-refractivity contribution in [3.8, 4) is 24.3 Å². The van der Waals surface area contributed by atoms with Crippen molar-refractivity contribution >= 4 is 0 Å². The lowest BCUT2D eigenvalue weighted by atomic mass is 9.52. The van der Waals surface area contributed by atoms with E-state index >= 15 is 0 Å². The molecule has 0 heterocycles. The van der Waals surface area contributed by atoms with Gasteiger partial charge in [0.1, 0.15) is 0 Å². The highest BCUT2D eigenvalue weighted by molar-refractivity contribution is 5.52. The molecule has 4 rings (SSSR count). The number of allylic oxidation sites excluding steroid dienone is 2. The second kappa shape index (κ2) is 4.21. The van der Waals surface area contributed by atoms with Gasteiger partial charge in [0, 0.05) is 11.8 Å². The lowest BCUT2D eigenvalue weighted by Gasteiger charge is -2.40. The van der Waals surface area contributed by atoms with Crippen LogP contribution >= 0.6 is 0 Å². The first kappa shape index (κ1) is 12.9. The molecule has 0 aliphatic heterocycles. The molecule has 0 saturated carbocycles. The molecular weight excluding hydrogens is 260 g/mol. The number of rotatable bonds is 0. The Bertz CT molecular complexity index is 779. The van der Waals surface area contributed by atoms with Crippen molar-refractivity contribution in [1.29, 1.82) is 21.0 Å². The summed E-state index contributed by atoms with van der Waals surface area (Å²) in [4.78, 5) is 0. The lowest BCUT2D eigenvalue weighted by molar-refractivity contribution is 0.200. The van der Waals surface area contributed by atoms with Crippen molar-refractivity contribution < 1.29 is 0 Å². The first-order chi connectivity index (χ1) is 10.2. The summed E-state index contributed by atoms with van der Waals surface area (Å²) in [7, 11) is 0.